The van der Waals surface area contributed by atoms with E-state index in [1.54, 1.807) is 11.8 Å². The Kier molecular flexibility index (Phi) is 3.13. The zero-order chi connectivity index (χ0) is 10.7. The van der Waals surface area contributed by atoms with Crippen LogP contribution >= 0.6 is 11.8 Å². The van der Waals surface area contributed by atoms with E-state index in [2.05, 4.69) is 5.16 Å². The van der Waals surface area contributed by atoms with Gasteiger partial charge in [-0.25, -0.2) is 0 Å². The summed E-state index contributed by atoms with van der Waals surface area (Å²) in [5.74, 6) is 0.138. The van der Waals surface area contributed by atoms with Gasteiger partial charge in [0.05, 0.1) is 18.5 Å². The normalized spacial score (nSPS) is 17.5. The van der Waals surface area contributed by atoms with Gasteiger partial charge in [-0.2, -0.15) is 0 Å². The van der Waals surface area contributed by atoms with E-state index in [0.717, 1.165) is 18.8 Å². The Morgan fingerprint density at radius 1 is 1.40 bits per heavy atom. The zero-order valence-electron chi connectivity index (χ0n) is 8.09. The molecule has 1 aliphatic rings. The van der Waals surface area contributed by atoms with Crippen LogP contribution in [0.25, 0.3) is 0 Å². The van der Waals surface area contributed by atoms with Crippen molar-refractivity contribution < 1.29 is 9.94 Å². The molecule has 1 heterocycles. The number of ether oxygens (including phenoxy) is 1. The van der Waals surface area contributed by atoms with E-state index < -0.39 is 0 Å². The number of amidine groups is 1. The third-order valence-corrected chi connectivity index (χ3v) is 3.32. The van der Waals surface area contributed by atoms with Gasteiger partial charge in [0.2, 0.25) is 0 Å². The van der Waals surface area contributed by atoms with Crippen LogP contribution in [0.2, 0.25) is 0 Å². The maximum atomic E-state index is 8.49. The van der Waals surface area contributed by atoms with Crippen LogP contribution in [0.15, 0.2) is 34.3 Å². The Morgan fingerprint density at radius 2 is 2.07 bits per heavy atom. The average Bonchev–Trinajstić information content (AvgIpc) is 2.23. The molecule has 80 valence electrons. The van der Waals surface area contributed by atoms with Crippen molar-refractivity contribution >= 4 is 17.6 Å². The van der Waals surface area contributed by atoms with Crippen molar-refractivity contribution in [3.63, 3.8) is 0 Å². The van der Waals surface area contributed by atoms with Crippen LogP contribution in [0.5, 0.6) is 0 Å². The maximum Gasteiger partial charge on any atom is 0.170 e. The summed E-state index contributed by atoms with van der Waals surface area (Å²) < 4.78 is 5.09. The first-order valence-corrected chi connectivity index (χ1v) is 5.50. The van der Waals surface area contributed by atoms with Crippen LogP contribution in [-0.2, 0) is 4.74 Å². The van der Waals surface area contributed by atoms with Gasteiger partial charge in [-0.05, 0) is 12.1 Å². The number of rotatable bonds is 3. The van der Waals surface area contributed by atoms with Crippen LogP contribution in [-0.4, -0.2) is 29.5 Å². The third-order valence-electron chi connectivity index (χ3n) is 2.17. The van der Waals surface area contributed by atoms with E-state index in [0.29, 0.717) is 5.25 Å². The Labute approximate surface area is 92.1 Å². The highest BCUT2D eigenvalue weighted by Crippen LogP contribution is 2.27. The van der Waals surface area contributed by atoms with Crippen molar-refractivity contribution in [1.82, 2.24) is 0 Å². The van der Waals surface area contributed by atoms with E-state index in [1.165, 1.54) is 4.90 Å². The molecule has 1 saturated heterocycles. The van der Waals surface area contributed by atoms with Gasteiger partial charge in [0.25, 0.3) is 0 Å². The van der Waals surface area contributed by atoms with Crippen LogP contribution in [0, 0.1) is 0 Å². The van der Waals surface area contributed by atoms with E-state index in [9.17, 15) is 0 Å². The number of oxime groups is 1. The minimum atomic E-state index is 0.138. The molecule has 0 atom stereocenters. The molecule has 0 unspecified atom stereocenters. The van der Waals surface area contributed by atoms with Crippen LogP contribution < -0.4 is 5.73 Å². The van der Waals surface area contributed by atoms with Crippen molar-refractivity contribution in [2.45, 2.75) is 10.1 Å². The number of benzene rings is 1. The molecule has 1 aliphatic heterocycles. The minimum Gasteiger partial charge on any atom is -0.409 e. The van der Waals surface area contributed by atoms with Crippen molar-refractivity contribution in [2.75, 3.05) is 13.2 Å². The minimum absolute atomic E-state index is 0.138. The molecule has 15 heavy (non-hydrogen) atoms. The highest BCUT2D eigenvalue weighted by molar-refractivity contribution is 8.00. The predicted octanol–water partition coefficient (Wildman–Crippen LogP) is 1.27. The summed E-state index contributed by atoms with van der Waals surface area (Å²) in [6.07, 6.45) is 0. The van der Waals surface area contributed by atoms with Crippen molar-refractivity contribution in [1.29, 1.82) is 0 Å². The lowest BCUT2D eigenvalue weighted by Gasteiger charge is -2.25. The van der Waals surface area contributed by atoms with Gasteiger partial charge < -0.3 is 15.7 Å². The molecular weight excluding hydrogens is 212 g/mol. The fraction of sp³-hybridized carbons (Fsp3) is 0.300. The lowest BCUT2D eigenvalue weighted by molar-refractivity contribution is 0.0455. The molecule has 0 bridgehead atoms. The second-order valence-corrected chi connectivity index (χ2v) is 4.66. The molecule has 0 spiro atoms. The fourth-order valence-corrected chi connectivity index (χ4v) is 2.24. The lowest BCUT2D eigenvalue weighted by atomic mass is 10.2. The number of nitrogens with two attached hydrogens (primary N) is 1. The lowest BCUT2D eigenvalue weighted by Crippen LogP contribution is -2.29. The first kappa shape index (κ1) is 10.3. The second-order valence-electron chi connectivity index (χ2n) is 3.29. The number of hydrogen-bond acceptors (Lipinski definition) is 4. The third kappa shape index (κ3) is 2.43. The monoisotopic (exact) mass is 224 g/mol. The van der Waals surface area contributed by atoms with Crippen LogP contribution in [0.1, 0.15) is 5.56 Å². The van der Waals surface area contributed by atoms with Crippen molar-refractivity contribution in [3.05, 3.63) is 29.8 Å². The molecule has 0 radical (unpaired) electrons. The summed E-state index contributed by atoms with van der Waals surface area (Å²) in [7, 11) is 0. The molecule has 5 heteroatoms. The highest BCUT2D eigenvalue weighted by atomic mass is 32.2. The topological polar surface area (TPSA) is 67.8 Å². The Hall–Kier alpha value is -1.20. The standard InChI is InChI=1S/C10H12N2O2S/c11-10(12-13)7-1-3-8(4-2-7)15-9-5-14-6-9/h1-4,9,13H,5-6H2,(H2,11,12). The smallest absolute Gasteiger partial charge is 0.170 e. The van der Waals surface area contributed by atoms with Crippen LogP contribution in [0.3, 0.4) is 0 Å². The fourth-order valence-electron chi connectivity index (χ4n) is 1.24. The molecule has 1 aromatic carbocycles. The quantitative estimate of drug-likeness (QED) is 0.351. The Bertz CT molecular complexity index is 360. The van der Waals surface area contributed by atoms with Gasteiger partial charge in [-0.1, -0.05) is 17.3 Å². The van der Waals surface area contributed by atoms with Gasteiger partial charge >= 0.3 is 0 Å². The first-order valence-electron chi connectivity index (χ1n) is 4.62. The molecule has 0 amide bonds. The largest absolute Gasteiger partial charge is 0.409 e. The molecule has 4 nitrogen and oxygen atoms in total. The maximum absolute atomic E-state index is 8.49. The summed E-state index contributed by atoms with van der Waals surface area (Å²) in [5, 5.41) is 12.0. The van der Waals surface area contributed by atoms with Crippen molar-refractivity contribution in [3.8, 4) is 0 Å². The molecule has 1 fully saturated rings. The molecule has 0 aromatic heterocycles. The molecule has 3 N–H and O–H groups in total. The molecule has 2 rings (SSSR count). The Morgan fingerprint density at radius 3 is 2.53 bits per heavy atom. The van der Waals surface area contributed by atoms with E-state index in [-0.39, 0.29) is 5.84 Å². The molecule has 0 aliphatic carbocycles. The molecular formula is C10H12N2O2S. The summed E-state index contributed by atoms with van der Waals surface area (Å²) in [6, 6.07) is 7.63. The van der Waals surface area contributed by atoms with E-state index >= 15 is 0 Å². The van der Waals surface area contributed by atoms with Gasteiger partial charge in [0.1, 0.15) is 0 Å². The summed E-state index contributed by atoms with van der Waals surface area (Å²) in [5.41, 5.74) is 6.18. The predicted molar refractivity (Wildman–Crippen MR) is 59.4 cm³/mol. The van der Waals surface area contributed by atoms with E-state index in [4.69, 9.17) is 15.7 Å². The SMILES string of the molecule is NC(=NO)c1ccc(SC2COC2)cc1. The summed E-state index contributed by atoms with van der Waals surface area (Å²) in [6.45, 7) is 1.65. The number of nitrogens with zero attached hydrogens (tertiary/aromatic N) is 1. The van der Waals surface area contributed by atoms with Gasteiger partial charge in [-0.3, -0.25) is 0 Å². The second kappa shape index (κ2) is 4.55. The number of hydrogen-bond donors (Lipinski definition) is 2. The van der Waals surface area contributed by atoms with Gasteiger partial charge in [0.15, 0.2) is 5.84 Å². The first-order chi connectivity index (χ1) is 7.29. The van der Waals surface area contributed by atoms with E-state index in [1.807, 2.05) is 24.3 Å². The zero-order valence-corrected chi connectivity index (χ0v) is 8.91. The van der Waals surface area contributed by atoms with Gasteiger partial charge in [0, 0.05) is 10.5 Å². The van der Waals surface area contributed by atoms with Crippen LogP contribution in [0.4, 0.5) is 0 Å². The average molecular weight is 224 g/mol. The summed E-state index contributed by atoms with van der Waals surface area (Å²) >= 11 is 1.79. The highest BCUT2D eigenvalue weighted by Gasteiger charge is 2.19. The number of thioether (sulfide) groups is 1. The van der Waals surface area contributed by atoms with Crippen molar-refractivity contribution in [2.24, 2.45) is 10.9 Å². The molecule has 0 saturated carbocycles. The summed E-state index contributed by atoms with van der Waals surface area (Å²) in [4.78, 5) is 1.18. The molecule has 1 aromatic rings. The van der Waals surface area contributed by atoms with Gasteiger partial charge in [-0.15, -0.1) is 11.8 Å². The Balaban J connectivity index is 2.03.